The second-order valence-electron chi connectivity index (χ2n) is 6.41. The van der Waals surface area contributed by atoms with Gasteiger partial charge in [-0.1, -0.05) is 30.0 Å². The van der Waals surface area contributed by atoms with Gasteiger partial charge in [0, 0.05) is 0 Å². The lowest BCUT2D eigenvalue weighted by Gasteiger charge is -2.07. The van der Waals surface area contributed by atoms with Gasteiger partial charge in [-0.2, -0.15) is 4.68 Å². The van der Waals surface area contributed by atoms with Crippen LogP contribution >= 0.6 is 11.8 Å². The van der Waals surface area contributed by atoms with E-state index in [2.05, 4.69) is 45.4 Å². The van der Waals surface area contributed by atoms with Gasteiger partial charge in [-0.3, -0.25) is 4.79 Å². The molecule has 4 rings (SSSR count). The molecule has 0 unspecified atom stereocenters. The van der Waals surface area contributed by atoms with Crippen molar-refractivity contribution >= 4 is 22.7 Å². The highest BCUT2D eigenvalue weighted by atomic mass is 32.2. The van der Waals surface area contributed by atoms with Crippen molar-refractivity contribution in [2.75, 3.05) is 0 Å². The van der Waals surface area contributed by atoms with Crippen LogP contribution in [0.25, 0.3) is 16.6 Å². The minimum absolute atomic E-state index is 0.131. The molecule has 1 N–H and O–H groups in total. The van der Waals surface area contributed by atoms with Gasteiger partial charge >= 0.3 is 0 Å². The lowest BCUT2D eigenvalue weighted by Crippen LogP contribution is -2.12. The smallest absolute Gasteiger partial charge is 0.258 e. The fourth-order valence-corrected chi connectivity index (χ4v) is 3.60. The van der Waals surface area contributed by atoms with E-state index in [1.165, 1.54) is 22.9 Å². The van der Waals surface area contributed by atoms with Gasteiger partial charge < -0.3 is 4.98 Å². The van der Waals surface area contributed by atoms with E-state index >= 15 is 0 Å². The first-order valence-electron chi connectivity index (χ1n) is 8.50. The molecule has 0 bridgehead atoms. The number of benzene rings is 2. The van der Waals surface area contributed by atoms with Crippen LogP contribution < -0.4 is 5.56 Å². The van der Waals surface area contributed by atoms with E-state index < -0.39 is 0 Å². The van der Waals surface area contributed by atoms with Crippen LogP contribution in [-0.2, 0) is 5.75 Å². The first-order chi connectivity index (χ1) is 13.0. The molecule has 0 atom stereocenters. The van der Waals surface area contributed by atoms with Crippen molar-refractivity contribution in [2.24, 2.45) is 0 Å². The number of aromatic amines is 1. The molecular weight excluding hydrogens is 360 g/mol. The standard InChI is InChI=1S/C19H18N6OS/c1-11-7-8-14(9-13(11)3)25-19(22-23-24-25)27-10-16-20-17-12(2)5-4-6-15(17)18(26)21-16/h4-9H,10H2,1-3H3,(H,20,21,26). The molecule has 0 aliphatic rings. The number of para-hydroxylation sites is 1. The zero-order chi connectivity index (χ0) is 19.0. The highest BCUT2D eigenvalue weighted by molar-refractivity contribution is 7.98. The topological polar surface area (TPSA) is 89.3 Å². The molecule has 0 saturated carbocycles. The summed E-state index contributed by atoms with van der Waals surface area (Å²) in [6.07, 6.45) is 0. The van der Waals surface area contributed by atoms with Crippen LogP contribution in [0.1, 0.15) is 22.5 Å². The summed E-state index contributed by atoms with van der Waals surface area (Å²) in [5.41, 5.74) is 4.87. The maximum absolute atomic E-state index is 12.3. The first kappa shape index (κ1) is 17.4. The lowest BCUT2D eigenvalue weighted by atomic mass is 10.1. The van der Waals surface area contributed by atoms with Gasteiger partial charge in [0.05, 0.1) is 22.3 Å². The molecule has 0 aliphatic heterocycles. The highest BCUT2D eigenvalue weighted by Gasteiger charge is 2.12. The summed E-state index contributed by atoms with van der Waals surface area (Å²) < 4.78 is 1.70. The number of rotatable bonds is 4. The van der Waals surface area contributed by atoms with E-state index in [-0.39, 0.29) is 5.56 Å². The number of nitrogens with one attached hydrogen (secondary N) is 1. The number of hydrogen-bond donors (Lipinski definition) is 1. The number of aromatic nitrogens is 6. The van der Waals surface area contributed by atoms with Gasteiger partial charge in [0.2, 0.25) is 5.16 Å². The van der Waals surface area contributed by atoms with Crippen molar-refractivity contribution in [3.05, 3.63) is 69.3 Å². The largest absolute Gasteiger partial charge is 0.309 e. The Bertz CT molecular complexity index is 1200. The van der Waals surface area contributed by atoms with Crippen molar-refractivity contribution in [2.45, 2.75) is 31.7 Å². The van der Waals surface area contributed by atoms with Crippen LogP contribution in [0.3, 0.4) is 0 Å². The maximum atomic E-state index is 12.3. The molecule has 8 heteroatoms. The first-order valence-corrected chi connectivity index (χ1v) is 9.49. The third-order valence-electron chi connectivity index (χ3n) is 4.50. The second kappa shape index (κ2) is 6.96. The highest BCUT2D eigenvalue weighted by Crippen LogP contribution is 2.23. The van der Waals surface area contributed by atoms with Crippen LogP contribution in [-0.4, -0.2) is 30.2 Å². The number of tetrazole rings is 1. The Morgan fingerprint density at radius 2 is 1.93 bits per heavy atom. The van der Waals surface area contributed by atoms with Crippen molar-refractivity contribution in [3.63, 3.8) is 0 Å². The van der Waals surface area contributed by atoms with Crippen LogP contribution in [0.4, 0.5) is 0 Å². The Hall–Kier alpha value is -3.00. The van der Waals surface area contributed by atoms with Gasteiger partial charge in [-0.05, 0) is 66.1 Å². The second-order valence-corrected chi connectivity index (χ2v) is 7.36. The summed E-state index contributed by atoms with van der Waals surface area (Å²) in [6, 6.07) is 11.7. The van der Waals surface area contributed by atoms with E-state index in [9.17, 15) is 4.79 Å². The third kappa shape index (κ3) is 3.35. The normalized spacial score (nSPS) is 11.2. The monoisotopic (exact) mass is 378 g/mol. The zero-order valence-corrected chi connectivity index (χ0v) is 16.0. The van der Waals surface area contributed by atoms with Crippen LogP contribution in [0.15, 0.2) is 46.3 Å². The Balaban J connectivity index is 1.63. The molecule has 2 aromatic carbocycles. The molecule has 4 aromatic rings. The van der Waals surface area contributed by atoms with Gasteiger partial charge in [0.1, 0.15) is 5.82 Å². The number of fused-ring (bicyclic) bond motifs is 1. The zero-order valence-electron chi connectivity index (χ0n) is 15.2. The van der Waals surface area contributed by atoms with Gasteiger partial charge in [-0.15, -0.1) is 5.10 Å². The third-order valence-corrected chi connectivity index (χ3v) is 5.43. The van der Waals surface area contributed by atoms with Crippen LogP contribution in [0, 0.1) is 20.8 Å². The number of aryl methyl sites for hydroxylation is 3. The molecule has 0 spiro atoms. The molecule has 0 aliphatic carbocycles. The predicted octanol–water partition coefficient (Wildman–Crippen LogP) is 3.12. The van der Waals surface area contributed by atoms with E-state index in [1.54, 1.807) is 10.7 Å². The summed E-state index contributed by atoms with van der Waals surface area (Å²) in [5.74, 6) is 1.06. The number of H-pyrrole nitrogens is 1. The SMILES string of the molecule is Cc1ccc(-n2nnnc2SCc2nc3c(C)cccc3c(=O)[nH]2)cc1C. The Kier molecular flexibility index (Phi) is 4.49. The molecule has 7 nitrogen and oxygen atoms in total. The van der Waals surface area contributed by atoms with Crippen molar-refractivity contribution in [1.29, 1.82) is 0 Å². The van der Waals surface area contributed by atoms with E-state index in [0.29, 0.717) is 22.1 Å². The summed E-state index contributed by atoms with van der Waals surface area (Å²) >= 11 is 1.43. The van der Waals surface area contributed by atoms with Gasteiger partial charge in [0.15, 0.2) is 0 Å². The van der Waals surface area contributed by atoms with Crippen molar-refractivity contribution < 1.29 is 0 Å². The minimum atomic E-state index is -0.131. The van der Waals surface area contributed by atoms with E-state index in [0.717, 1.165) is 16.8 Å². The van der Waals surface area contributed by atoms with Crippen LogP contribution in [0.5, 0.6) is 0 Å². The summed E-state index contributed by atoms with van der Waals surface area (Å²) in [4.78, 5) is 19.8. The average Bonchev–Trinajstić information content (AvgIpc) is 3.12. The maximum Gasteiger partial charge on any atom is 0.258 e. The van der Waals surface area contributed by atoms with E-state index in [4.69, 9.17) is 0 Å². The molecule has 0 fully saturated rings. The van der Waals surface area contributed by atoms with Gasteiger partial charge in [-0.25, -0.2) is 4.98 Å². The molecule has 0 saturated heterocycles. The Morgan fingerprint density at radius 3 is 2.74 bits per heavy atom. The fraction of sp³-hybridized carbons (Fsp3) is 0.211. The molecule has 0 amide bonds. The Morgan fingerprint density at radius 1 is 1.07 bits per heavy atom. The molecule has 0 radical (unpaired) electrons. The van der Waals surface area contributed by atoms with E-state index in [1.807, 2.05) is 31.2 Å². The van der Waals surface area contributed by atoms with Crippen molar-refractivity contribution in [3.8, 4) is 5.69 Å². The van der Waals surface area contributed by atoms with Gasteiger partial charge in [0.25, 0.3) is 5.56 Å². The minimum Gasteiger partial charge on any atom is -0.309 e. The number of hydrogen-bond acceptors (Lipinski definition) is 6. The number of thioether (sulfide) groups is 1. The lowest BCUT2D eigenvalue weighted by molar-refractivity contribution is 0.755. The molecule has 27 heavy (non-hydrogen) atoms. The fourth-order valence-electron chi connectivity index (χ4n) is 2.84. The quantitative estimate of drug-likeness (QED) is 0.549. The summed E-state index contributed by atoms with van der Waals surface area (Å²) in [7, 11) is 0. The average molecular weight is 378 g/mol. The molecule has 2 heterocycles. The summed E-state index contributed by atoms with van der Waals surface area (Å²) in [5, 5.41) is 13.2. The predicted molar refractivity (Wildman–Crippen MR) is 105 cm³/mol. The van der Waals surface area contributed by atoms with Crippen LogP contribution in [0.2, 0.25) is 0 Å². The molecular formula is C19H18N6OS. The Labute approximate surface area is 159 Å². The molecule has 136 valence electrons. The number of nitrogens with zero attached hydrogens (tertiary/aromatic N) is 5. The van der Waals surface area contributed by atoms with Crippen molar-refractivity contribution in [1.82, 2.24) is 30.2 Å². The molecule has 2 aromatic heterocycles. The summed E-state index contributed by atoms with van der Waals surface area (Å²) in [6.45, 7) is 6.08.